The number of esters is 1. The Morgan fingerprint density at radius 3 is 2.70 bits per heavy atom. The van der Waals surface area contributed by atoms with Crippen LogP contribution >= 0.6 is 11.6 Å². The molecule has 2 aromatic carbocycles. The highest BCUT2D eigenvalue weighted by atomic mass is 35.5. The van der Waals surface area contributed by atoms with Gasteiger partial charge in [-0.3, -0.25) is 9.59 Å². The summed E-state index contributed by atoms with van der Waals surface area (Å²) in [6.45, 7) is 0.778. The van der Waals surface area contributed by atoms with Gasteiger partial charge in [0.15, 0.2) is 0 Å². The number of amides is 1. The number of hydrogen-bond donors (Lipinski definition) is 2. The van der Waals surface area contributed by atoms with Crippen molar-refractivity contribution in [2.45, 2.75) is 37.8 Å². The average Bonchev–Trinajstić information content (AvgIpc) is 2.83. The van der Waals surface area contributed by atoms with Crippen molar-refractivity contribution >= 4 is 34.4 Å². The maximum atomic E-state index is 13.0. The number of rotatable bonds is 7. The maximum absolute atomic E-state index is 13.0. The van der Waals surface area contributed by atoms with E-state index in [9.17, 15) is 14.4 Å². The summed E-state index contributed by atoms with van der Waals surface area (Å²) in [7, 11) is 0. The third-order valence-corrected chi connectivity index (χ3v) is 5.89. The quantitative estimate of drug-likeness (QED) is 0.516. The van der Waals surface area contributed by atoms with Crippen LogP contribution in [0.4, 0.5) is 0 Å². The van der Waals surface area contributed by atoms with Gasteiger partial charge in [-0.1, -0.05) is 29.8 Å². The largest absolute Gasteiger partial charge is 0.461 e. The summed E-state index contributed by atoms with van der Waals surface area (Å²) in [4.78, 5) is 40.8. The molecule has 1 aromatic heterocycles. The zero-order valence-electron chi connectivity index (χ0n) is 18.0. The Kier molecular flexibility index (Phi) is 7.42. The first kappa shape index (κ1) is 23.0. The van der Waals surface area contributed by atoms with Gasteiger partial charge in [-0.2, -0.15) is 0 Å². The molecule has 33 heavy (non-hydrogen) atoms. The van der Waals surface area contributed by atoms with Crippen molar-refractivity contribution < 1.29 is 19.1 Å². The van der Waals surface area contributed by atoms with E-state index >= 15 is 0 Å². The summed E-state index contributed by atoms with van der Waals surface area (Å²) in [6.07, 6.45) is 2.81. The van der Waals surface area contributed by atoms with E-state index in [0.717, 1.165) is 24.6 Å². The number of benzene rings is 2. The number of carbonyl (C=O) groups excluding carboxylic acids is 2. The number of para-hydroxylation sites is 1. The van der Waals surface area contributed by atoms with Crippen LogP contribution in [0.15, 0.2) is 59.4 Å². The summed E-state index contributed by atoms with van der Waals surface area (Å²) < 4.78 is 11.2. The van der Waals surface area contributed by atoms with Gasteiger partial charge in [-0.25, -0.2) is 4.79 Å². The topological polar surface area (TPSA) is 97.5 Å². The zero-order chi connectivity index (χ0) is 23.2. The van der Waals surface area contributed by atoms with Crippen LogP contribution in [-0.4, -0.2) is 42.2 Å². The van der Waals surface area contributed by atoms with E-state index in [2.05, 4.69) is 10.3 Å². The fourth-order valence-electron chi connectivity index (χ4n) is 3.92. The fraction of sp³-hybridized carbons (Fsp3) is 0.320. The second-order valence-electron chi connectivity index (χ2n) is 8.06. The van der Waals surface area contributed by atoms with Gasteiger partial charge in [-0.05, 0) is 55.2 Å². The Labute approximate surface area is 196 Å². The normalized spacial score (nSPS) is 16.8. The smallest absolute Gasteiger partial charge is 0.329 e. The number of pyridine rings is 1. The van der Waals surface area contributed by atoms with Crippen LogP contribution in [0.1, 0.15) is 35.2 Å². The van der Waals surface area contributed by atoms with Crippen LogP contribution in [0, 0.1) is 0 Å². The Bertz CT molecular complexity index is 1190. The van der Waals surface area contributed by atoms with Crippen molar-refractivity contribution in [1.29, 1.82) is 0 Å². The highest BCUT2D eigenvalue weighted by Gasteiger charge is 2.26. The molecule has 1 aliphatic heterocycles. The highest BCUT2D eigenvalue weighted by Crippen LogP contribution is 2.18. The first-order chi connectivity index (χ1) is 16.0. The molecule has 172 valence electrons. The van der Waals surface area contributed by atoms with E-state index in [1.807, 2.05) is 18.2 Å². The summed E-state index contributed by atoms with van der Waals surface area (Å²) in [5.74, 6) is -1.01. The fourth-order valence-corrected chi connectivity index (χ4v) is 4.04. The van der Waals surface area contributed by atoms with E-state index in [-0.39, 0.29) is 24.7 Å². The number of H-pyrrole nitrogens is 1. The van der Waals surface area contributed by atoms with Crippen molar-refractivity contribution in [3.05, 3.63) is 81.1 Å². The summed E-state index contributed by atoms with van der Waals surface area (Å²) in [6, 6.07) is 14.2. The monoisotopic (exact) mass is 468 g/mol. The molecule has 1 aliphatic rings. The van der Waals surface area contributed by atoms with Crippen LogP contribution < -0.4 is 10.9 Å². The predicted molar refractivity (Wildman–Crippen MR) is 126 cm³/mol. The van der Waals surface area contributed by atoms with Crippen LogP contribution in [0.5, 0.6) is 0 Å². The molecule has 7 nitrogen and oxygen atoms in total. The third-order valence-electron chi connectivity index (χ3n) is 5.64. The lowest BCUT2D eigenvalue weighted by Gasteiger charge is -2.24. The minimum atomic E-state index is -0.984. The van der Waals surface area contributed by atoms with Gasteiger partial charge in [0.25, 0.3) is 5.91 Å². The number of halogens is 1. The second kappa shape index (κ2) is 10.6. The summed E-state index contributed by atoms with van der Waals surface area (Å²) >= 11 is 5.91. The Morgan fingerprint density at radius 1 is 1.15 bits per heavy atom. The molecule has 2 N–H and O–H groups in total. The molecule has 2 unspecified atom stereocenters. The van der Waals surface area contributed by atoms with Crippen molar-refractivity contribution in [3.8, 4) is 0 Å². The maximum Gasteiger partial charge on any atom is 0.329 e. The number of hydrogen-bond acceptors (Lipinski definition) is 5. The molecule has 8 heteroatoms. The van der Waals surface area contributed by atoms with Crippen LogP contribution in [0.2, 0.25) is 5.02 Å². The molecule has 3 aromatic rings. The summed E-state index contributed by atoms with van der Waals surface area (Å²) in [5.41, 5.74) is 1.38. The molecule has 2 heterocycles. The minimum absolute atomic E-state index is 0.105. The molecule has 0 radical (unpaired) electrons. The molecule has 1 fully saturated rings. The molecule has 0 bridgehead atoms. The molecule has 4 rings (SSSR count). The van der Waals surface area contributed by atoms with E-state index in [0.29, 0.717) is 28.3 Å². The van der Waals surface area contributed by atoms with Gasteiger partial charge in [-0.15, -0.1) is 0 Å². The SMILES string of the molecule is O=C(NC(Cc1cc(=O)[nH]c2ccccc12)C(=O)OCC1CCCCO1)c1ccc(Cl)cc1. The number of nitrogens with one attached hydrogen (secondary N) is 2. The number of carbonyl (C=O) groups is 2. The number of aromatic amines is 1. The van der Waals surface area contributed by atoms with Crippen molar-refractivity contribution in [2.75, 3.05) is 13.2 Å². The molecule has 2 atom stereocenters. The highest BCUT2D eigenvalue weighted by molar-refractivity contribution is 6.30. The molecule has 0 saturated carbocycles. The predicted octanol–water partition coefficient (Wildman–Crippen LogP) is 3.63. The Hall–Kier alpha value is -3.16. The van der Waals surface area contributed by atoms with E-state index in [1.165, 1.54) is 6.07 Å². The Morgan fingerprint density at radius 2 is 1.94 bits per heavy atom. The zero-order valence-corrected chi connectivity index (χ0v) is 18.8. The Balaban J connectivity index is 1.56. The van der Waals surface area contributed by atoms with Gasteiger partial charge in [0.1, 0.15) is 12.6 Å². The number of aromatic nitrogens is 1. The number of ether oxygens (including phenoxy) is 2. The van der Waals surface area contributed by atoms with E-state index < -0.39 is 17.9 Å². The van der Waals surface area contributed by atoms with Crippen molar-refractivity contribution in [1.82, 2.24) is 10.3 Å². The van der Waals surface area contributed by atoms with Crippen LogP contribution in [-0.2, 0) is 20.7 Å². The van der Waals surface area contributed by atoms with Gasteiger partial charge in [0.2, 0.25) is 5.56 Å². The second-order valence-corrected chi connectivity index (χ2v) is 8.50. The van der Waals surface area contributed by atoms with E-state index in [1.54, 1.807) is 30.3 Å². The van der Waals surface area contributed by atoms with Gasteiger partial charge in [0.05, 0.1) is 6.10 Å². The standard InChI is InChI=1S/C25H25ClN2O5/c26-18-10-8-16(9-11-18)24(30)28-22(25(31)33-15-19-5-3-4-12-32-19)13-17-14-23(29)27-21-7-2-1-6-20(17)21/h1-2,6-11,14,19,22H,3-5,12-13,15H2,(H,27,29)(H,28,30). The average molecular weight is 469 g/mol. The van der Waals surface area contributed by atoms with Gasteiger partial charge < -0.3 is 19.8 Å². The number of fused-ring (bicyclic) bond motifs is 1. The lowest BCUT2D eigenvalue weighted by atomic mass is 10.0. The van der Waals surface area contributed by atoms with Gasteiger partial charge in [0, 0.05) is 40.6 Å². The molecule has 1 amide bonds. The van der Waals surface area contributed by atoms with E-state index in [4.69, 9.17) is 21.1 Å². The molecule has 0 aliphatic carbocycles. The van der Waals surface area contributed by atoms with Gasteiger partial charge >= 0.3 is 5.97 Å². The van der Waals surface area contributed by atoms with Crippen molar-refractivity contribution in [2.24, 2.45) is 0 Å². The lowest BCUT2D eigenvalue weighted by molar-refractivity contribution is -0.151. The van der Waals surface area contributed by atoms with Crippen molar-refractivity contribution in [3.63, 3.8) is 0 Å². The molecular weight excluding hydrogens is 444 g/mol. The first-order valence-corrected chi connectivity index (χ1v) is 11.3. The molecule has 1 saturated heterocycles. The van der Waals surface area contributed by atoms with Crippen LogP contribution in [0.3, 0.4) is 0 Å². The molecule has 0 spiro atoms. The first-order valence-electron chi connectivity index (χ1n) is 11.0. The third kappa shape index (κ3) is 6.00. The minimum Gasteiger partial charge on any atom is -0.461 e. The molecular formula is C25H25ClN2O5. The lowest BCUT2D eigenvalue weighted by Crippen LogP contribution is -2.44. The summed E-state index contributed by atoms with van der Waals surface area (Å²) in [5, 5.41) is 4.07. The van der Waals surface area contributed by atoms with Crippen LogP contribution in [0.25, 0.3) is 10.9 Å².